The maximum Gasteiger partial charge on any atom is 0.303 e. The first-order valence-electron chi connectivity index (χ1n) is 20.0. The molecule has 0 unspecified atom stereocenters. The highest BCUT2D eigenvalue weighted by Gasteiger charge is 2.64. The number of fused-ring (bicyclic) bond motifs is 3. The van der Waals surface area contributed by atoms with Gasteiger partial charge in [0.25, 0.3) is 11.9 Å². The number of hydrogen-bond donors (Lipinski definition) is 0. The second-order valence-corrected chi connectivity index (χ2v) is 15.4. The quantitative estimate of drug-likeness (QED) is 0.154. The zero-order valence-corrected chi connectivity index (χ0v) is 36.1. The van der Waals surface area contributed by atoms with E-state index in [4.69, 9.17) is 85.3 Å². The van der Waals surface area contributed by atoms with Crippen LogP contribution < -0.4 is 0 Å². The smallest absolute Gasteiger partial charge is 0.303 e. The molecule has 0 radical (unpaired) electrons. The molecule has 0 aromatic carbocycles. The third-order valence-electron chi connectivity index (χ3n) is 10.1. The average molecular weight is 909 g/mol. The fraction of sp³-hybridized carbons (Fsp3) is 0.816. The Labute approximate surface area is 359 Å². The van der Waals surface area contributed by atoms with Crippen LogP contribution in [-0.2, 0) is 119 Å². The van der Waals surface area contributed by atoms with Crippen molar-refractivity contribution in [2.24, 2.45) is 0 Å². The van der Waals surface area contributed by atoms with Gasteiger partial charge in [-0.2, -0.15) is 0 Å². The van der Waals surface area contributed by atoms with Gasteiger partial charge >= 0.3 is 41.8 Å². The lowest BCUT2D eigenvalue weighted by Crippen LogP contribution is -2.62. The van der Waals surface area contributed by atoms with Crippen molar-refractivity contribution in [2.75, 3.05) is 19.8 Å². The van der Waals surface area contributed by atoms with Crippen molar-refractivity contribution in [1.29, 1.82) is 0 Å². The third kappa shape index (κ3) is 11.6. The van der Waals surface area contributed by atoms with E-state index in [0.29, 0.717) is 0 Å². The van der Waals surface area contributed by atoms with Crippen LogP contribution in [0.15, 0.2) is 0 Å². The second kappa shape index (κ2) is 19.5. The van der Waals surface area contributed by atoms with E-state index in [1.54, 1.807) is 6.92 Å². The summed E-state index contributed by atoms with van der Waals surface area (Å²) in [6, 6.07) is 0. The summed E-state index contributed by atoms with van der Waals surface area (Å²) in [6.45, 7) is 10.9. The first kappa shape index (κ1) is 48.3. The molecule has 6 fully saturated rings. The second-order valence-electron chi connectivity index (χ2n) is 15.4. The molecule has 25 heteroatoms. The third-order valence-corrected chi connectivity index (χ3v) is 10.1. The fourth-order valence-electron chi connectivity index (χ4n) is 7.94. The van der Waals surface area contributed by atoms with Gasteiger partial charge in [0.15, 0.2) is 67.9 Å². The number of carbonyl (C=O) groups excluding carboxylic acids is 7. The van der Waals surface area contributed by atoms with E-state index in [9.17, 15) is 33.6 Å². The van der Waals surface area contributed by atoms with Crippen molar-refractivity contribution in [3.8, 4) is 0 Å². The summed E-state index contributed by atoms with van der Waals surface area (Å²) in [4.78, 5) is 85.1. The fourth-order valence-corrected chi connectivity index (χ4v) is 7.94. The lowest BCUT2D eigenvalue weighted by Gasteiger charge is -2.44. The molecule has 0 N–H and O–H groups in total. The van der Waals surface area contributed by atoms with Gasteiger partial charge in [-0.25, -0.2) is 0 Å². The van der Waals surface area contributed by atoms with Gasteiger partial charge in [0.1, 0.15) is 43.7 Å². The zero-order chi connectivity index (χ0) is 46.1. The minimum Gasteiger partial charge on any atom is -0.463 e. The molecular weight excluding hydrogens is 856 g/mol. The van der Waals surface area contributed by atoms with E-state index < -0.39 is 172 Å². The largest absolute Gasteiger partial charge is 0.463 e. The first-order valence-corrected chi connectivity index (χ1v) is 20.0. The highest BCUT2D eigenvalue weighted by molar-refractivity contribution is 5.69. The first-order chi connectivity index (χ1) is 29.5. The van der Waals surface area contributed by atoms with Crippen LogP contribution in [0.3, 0.4) is 0 Å². The maximum atomic E-state index is 12.7. The summed E-state index contributed by atoms with van der Waals surface area (Å²) in [5, 5.41) is 0. The maximum absolute atomic E-state index is 12.7. The van der Waals surface area contributed by atoms with Crippen LogP contribution in [0.5, 0.6) is 0 Å². The Morgan fingerprint density at radius 3 is 1.24 bits per heavy atom. The summed E-state index contributed by atoms with van der Waals surface area (Å²) in [6.07, 6.45) is -20.1. The number of carbonyl (C=O) groups is 7. The molecule has 0 spiro atoms. The summed E-state index contributed by atoms with van der Waals surface area (Å²) < 4.78 is 105. The Kier molecular flexibility index (Phi) is 15.0. The van der Waals surface area contributed by atoms with Crippen molar-refractivity contribution in [3.05, 3.63) is 0 Å². The van der Waals surface area contributed by atoms with E-state index in [0.717, 1.165) is 48.5 Å². The van der Waals surface area contributed by atoms with E-state index >= 15 is 0 Å². The Hall–Kier alpha value is -4.15. The Morgan fingerprint density at radius 2 is 0.794 bits per heavy atom. The predicted octanol–water partition coefficient (Wildman–Crippen LogP) is -0.713. The van der Waals surface area contributed by atoms with Gasteiger partial charge in [-0.1, -0.05) is 0 Å². The minimum absolute atomic E-state index is 0.411. The van der Waals surface area contributed by atoms with Gasteiger partial charge in [-0.3, -0.25) is 43.0 Å². The molecule has 25 nitrogen and oxygen atoms in total. The molecule has 0 aromatic rings. The highest BCUT2D eigenvalue weighted by atomic mass is 17.0. The number of esters is 7. The normalized spacial score (nSPS) is 41.5. The molecule has 6 aliphatic heterocycles. The molecule has 0 aromatic heterocycles. The van der Waals surface area contributed by atoms with Crippen LogP contribution in [0.1, 0.15) is 69.2 Å². The van der Waals surface area contributed by atoms with Crippen LogP contribution in [0.25, 0.3) is 0 Å². The molecule has 0 amide bonds. The lowest BCUT2D eigenvalue weighted by atomic mass is 9.98. The van der Waals surface area contributed by atoms with Gasteiger partial charge in [0.2, 0.25) is 0 Å². The van der Waals surface area contributed by atoms with Gasteiger partial charge in [0.05, 0.1) is 6.61 Å². The molecular formula is C38H52O25. The van der Waals surface area contributed by atoms with E-state index in [2.05, 4.69) is 0 Å². The summed E-state index contributed by atoms with van der Waals surface area (Å²) >= 11 is 0. The van der Waals surface area contributed by atoms with Crippen molar-refractivity contribution in [3.63, 3.8) is 0 Å². The van der Waals surface area contributed by atoms with Crippen LogP contribution in [0.2, 0.25) is 0 Å². The number of rotatable bonds is 14. The molecule has 0 bridgehead atoms. The summed E-state index contributed by atoms with van der Waals surface area (Å²) in [7, 11) is 0. The SMILES string of the molecule is CC(=O)OC[C@H]1O[C@H]2O[C@](C)(OC[C@H]3O[C@H]4O[C@H](C)O[C@H]4[C@@H](O[C@@]4(C)O[C@@H]5O[C@H](COC(C)=O)[C@@H](OC(C)=O)[C@H](OC(C)=O)[C@@H]5O4)[C@@H]3OC(C)=O)O[C@H]2[C@@H](OC(C)=O)[C@@H]1OC(C)=O. The topological polar surface area (TPSA) is 286 Å². The van der Waals surface area contributed by atoms with Gasteiger partial charge < -0.3 is 75.8 Å². The standard InChI is InChI=1S/C38H52O25/c1-14(39)46-11-22-25(49-16(3)41)28(52-19(6)44)32-35(57-22)62-37(9,60-32)48-13-24-27(51-18(5)43)30(31-34(56-24)55-21(8)54-31)59-38(10)61-33-29(53-20(7)45)26(50-17(4)42)23(12-47-15(2)40)58-36(33)63-38/h21-36H,11-13H2,1-10H3/t21-,22-,23-,24-,25-,26-,27-,28+,29+,30+,31+,32+,33+,34-,35+,36+,37-,38-/m1/s1. The molecule has 354 valence electrons. The summed E-state index contributed by atoms with van der Waals surface area (Å²) in [5.41, 5.74) is 0. The molecule has 0 saturated carbocycles. The number of hydrogen-bond acceptors (Lipinski definition) is 25. The Balaban J connectivity index is 1.24. The van der Waals surface area contributed by atoms with Gasteiger partial charge in [0, 0.05) is 62.3 Å². The zero-order valence-electron chi connectivity index (χ0n) is 36.1. The molecule has 63 heavy (non-hydrogen) atoms. The minimum atomic E-state index is -2.11. The molecule has 6 saturated heterocycles. The Morgan fingerprint density at radius 1 is 0.413 bits per heavy atom. The van der Waals surface area contributed by atoms with Gasteiger partial charge in [-0.05, 0) is 6.92 Å². The van der Waals surface area contributed by atoms with E-state index in [-0.39, 0.29) is 0 Å². The van der Waals surface area contributed by atoms with Crippen molar-refractivity contribution < 1.29 is 119 Å². The van der Waals surface area contributed by atoms with Crippen molar-refractivity contribution in [2.45, 2.75) is 180 Å². The molecule has 6 heterocycles. The van der Waals surface area contributed by atoms with E-state index in [1.165, 1.54) is 13.8 Å². The lowest BCUT2D eigenvalue weighted by molar-refractivity contribution is -0.396. The van der Waals surface area contributed by atoms with E-state index in [1.807, 2.05) is 0 Å². The van der Waals surface area contributed by atoms with Crippen molar-refractivity contribution in [1.82, 2.24) is 0 Å². The van der Waals surface area contributed by atoms with Crippen LogP contribution in [0, 0.1) is 0 Å². The summed E-state index contributed by atoms with van der Waals surface area (Å²) in [5.74, 6) is -9.30. The average Bonchev–Trinajstić information content (AvgIpc) is 3.82. The molecule has 0 aliphatic carbocycles. The molecule has 6 aliphatic rings. The van der Waals surface area contributed by atoms with Crippen LogP contribution in [0.4, 0.5) is 0 Å². The van der Waals surface area contributed by atoms with Crippen LogP contribution >= 0.6 is 0 Å². The molecule has 6 rings (SSSR count). The monoisotopic (exact) mass is 908 g/mol. The van der Waals surface area contributed by atoms with Gasteiger partial charge in [-0.15, -0.1) is 0 Å². The highest BCUT2D eigenvalue weighted by Crippen LogP contribution is 2.45. The Bertz CT molecular complexity index is 1740. The van der Waals surface area contributed by atoms with Crippen LogP contribution in [-0.4, -0.2) is 172 Å². The number of ether oxygens (including phenoxy) is 18. The molecule has 18 atom stereocenters. The van der Waals surface area contributed by atoms with Crippen molar-refractivity contribution >= 4 is 41.8 Å². The predicted molar refractivity (Wildman–Crippen MR) is 192 cm³/mol.